The van der Waals surface area contributed by atoms with E-state index in [-0.39, 0.29) is 12.8 Å². The van der Waals surface area contributed by atoms with Crippen LogP contribution in [0.4, 0.5) is 0 Å². The number of hydrogen-bond acceptors (Lipinski definition) is 2. The van der Waals surface area contributed by atoms with Gasteiger partial charge in [0.05, 0.1) is 0 Å². The van der Waals surface area contributed by atoms with Crippen molar-refractivity contribution in [2.75, 3.05) is 20.6 Å². The van der Waals surface area contributed by atoms with Gasteiger partial charge in [-0.25, -0.2) is 0 Å². The minimum atomic E-state index is 0.228. The van der Waals surface area contributed by atoms with Gasteiger partial charge in [-0.15, -0.1) is 0 Å². The topological polar surface area (TPSA) is 39.3 Å². The summed E-state index contributed by atoms with van der Waals surface area (Å²) in [6.07, 6.45) is 0. The molecule has 1 atom stereocenters. The van der Waals surface area contributed by atoms with Crippen molar-refractivity contribution in [2.24, 2.45) is 0 Å². The number of rotatable bonds is 4. The van der Waals surface area contributed by atoms with Gasteiger partial charge in [0, 0.05) is 26.6 Å². The normalized spacial score (nSPS) is 11.3. The van der Waals surface area contributed by atoms with Crippen LogP contribution in [0.25, 0.3) is 0 Å². The molecule has 1 unspecified atom stereocenters. The van der Waals surface area contributed by atoms with Crippen LogP contribution in [0.2, 0.25) is 6.82 Å². The highest BCUT2D eigenvalue weighted by molar-refractivity contribution is 7.80. The highest BCUT2D eigenvalue weighted by Gasteiger charge is 2.24. The Morgan fingerprint density at radius 2 is 1.88 bits per heavy atom. The van der Waals surface area contributed by atoms with Gasteiger partial charge in [0.25, 0.3) is 6.85 Å². The van der Waals surface area contributed by atoms with E-state index < -0.39 is 0 Å². The molecule has 0 saturated heterocycles. The van der Waals surface area contributed by atoms with E-state index in [9.17, 15) is 0 Å². The number of hydrogen-bond donors (Lipinski definition) is 3. The van der Waals surface area contributed by atoms with Crippen LogP contribution in [0.15, 0.2) is 0 Å². The van der Waals surface area contributed by atoms with Crippen LogP contribution < -0.4 is 15.9 Å². The molecule has 0 heterocycles. The fraction of sp³-hybridized carbons (Fsp3) is 0.778. The van der Waals surface area contributed by atoms with Crippen LogP contribution in [-0.4, -0.2) is 48.6 Å². The standard InChI is InChI=1S/C9H21BN4S2/c1-6-14(9(16)12-5)7(2)10(3)13-8(15)11-4/h7H,6H2,1-5H3,(H,12,16)(H2,11,13,15). The summed E-state index contributed by atoms with van der Waals surface area (Å²) in [5, 5.41) is 10.5. The highest BCUT2D eigenvalue weighted by atomic mass is 32.1. The first-order chi connectivity index (χ1) is 7.47. The van der Waals surface area contributed by atoms with Gasteiger partial charge >= 0.3 is 0 Å². The second-order valence-corrected chi connectivity index (χ2v) is 4.39. The van der Waals surface area contributed by atoms with Gasteiger partial charge in [-0.1, -0.05) is 6.82 Å². The van der Waals surface area contributed by atoms with Crippen LogP contribution in [0.1, 0.15) is 13.8 Å². The van der Waals surface area contributed by atoms with Gasteiger partial charge < -0.3 is 20.8 Å². The van der Waals surface area contributed by atoms with Crippen molar-refractivity contribution >= 4 is 41.5 Å². The lowest BCUT2D eigenvalue weighted by atomic mass is 9.58. The molecule has 0 radical (unpaired) electrons. The van der Waals surface area contributed by atoms with Crippen LogP contribution in [0.3, 0.4) is 0 Å². The van der Waals surface area contributed by atoms with Gasteiger partial charge in [0.15, 0.2) is 10.2 Å². The van der Waals surface area contributed by atoms with Crippen molar-refractivity contribution in [1.29, 1.82) is 0 Å². The molecular formula is C9H21BN4S2. The van der Waals surface area contributed by atoms with E-state index in [1.54, 1.807) is 0 Å². The Bertz CT molecular complexity index is 250. The summed E-state index contributed by atoms with van der Waals surface area (Å²) in [6, 6.07) is 0. The average Bonchev–Trinajstić information content (AvgIpc) is 2.28. The Balaban J connectivity index is 4.43. The SMILES string of the molecule is CCN(C(=S)NC)C(C)B(C)NC(=S)NC. The molecular weight excluding hydrogens is 239 g/mol. The largest absolute Gasteiger partial charge is 0.404 e. The number of thiocarbonyl (C=S) groups is 2. The summed E-state index contributed by atoms with van der Waals surface area (Å²) >= 11 is 10.3. The third-order valence-corrected chi connectivity index (χ3v) is 3.38. The van der Waals surface area contributed by atoms with Crippen molar-refractivity contribution < 1.29 is 0 Å². The maximum absolute atomic E-state index is 5.25. The molecule has 0 aliphatic heterocycles. The predicted octanol–water partition coefficient (Wildman–Crippen LogP) is 0.456. The molecule has 92 valence electrons. The first-order valence-corrected chi connectivity index (χ1v) is 6.26. The summed E-state index contributed by atoms with van der Waals surface area (Å²) in [5.41, 5.74) is 0. The first-order valence-electron chi connectivity index (χ1n) is 5.44. The van der Waals surface area contributed by atoms with Gasteiger partial charge in [-0.2, -0.15) is 0 Å². The maximum Gasteiger partial charge on any atom is 0.273 e. The molecule has 16 heavy (non-hydrogen) atoms. The summed E-state index contributed by atoms with van der Waals surface area (Å²) < 4.78 is 0. The predicted molar refractivity (Wildman–Crippen MR) is 79.9 cm³/mol. The fourth-order valence-electron chi connectivity index (χ4n) is 1.43. The minimum absolute atomic E-state index is 0.228. The smallest absolute Gasteiger partial charge is 0.273 e. The monoisotopic (exact) mass is 260 g/mol. The molecule has 0 aromatic carbocycles. The molecule has 3 N–H and O–H groups in total. The quantitative estimate of drug-likeness (QED) is 0.504. The van der Waals surface area contributed by atoms with Crippen molar-refractivity contribution in [2.45, 2.75) is 26.6 Å². The zero-order chi connectivity index (χ0) is 12.7. The van der Waals surface area contributed by atoms with Gasteiger partial charge in [-0.05, 0) is 38.3 Å². The molecule has 0 fully saturated rings. The lowest BCUT2D eigenvalue weighted by Crippen LogP contribution is -2.56. The van der Waals surface area contributed by atoms with Crippen molar-refractivity contribution in [3.63, 3.8) is 0 Å². The second kappa shape index (κ2) is 7.68. The molecule has 0 aromatic rings. The Kier molecular flexibility index (Phi) is 7.41. The van der Waals surface area contributed by atoms with E-state index in [0.717, 1.165) is 11.7 Å². The molecule has 0 rings (SSSR count). The second-order valence-electron chi connectivity index (χ2n) is 3.59. The molecule has 0 aliphatic rings. The summed E-state index contributed by atoms with van der Waals surface area (Å²) in [4.78, 5) is 2.13. The lowest BCUT2D eigenvalue weighted by Gasteiger charge is -2.33. The van der Waals surface area contributed by atoms with Crippen molar-refractivity contribution in [3.8, 4) is 0 Å². The average molecular weight is 260 g/mol. The van der Waals surface area contributed by atoms with Crippen LogP contribution in [0, 0.1) is 0 Å². The van der Waals surface area contributed by atoms with Crippen LogP contribution in [0.5, 0.6) is 0 Å². The maximum atomic E-state index is 5.25. The van der Waals surface area contributed by atoms with E-state index in [0.29, 0.717) is 5.11 Å². The Morgan fingerprint density at radius 1 is 1.31 bits per heavy atom. The van der Waals surface area contributed by atoms with Crippen LogP contribution >= 0.6 is 24.4 Å². The molecule has 4 nitrogen and oxygen atoms in total. The fourth-order valence-corrected chi connectivity index (χ4v) is 1.91. The lowest BCUT2D eigenvalue weighted by molar-refractivity contribution is 0.414. The van der Waals surface area contributed by atoms with Crippen molar-refractivity contribution in [3.05, 3.63) is 0 Å². The van der Waals surface area contributed by atoms with E-state index in [2.05, 4.69) is 41.4 Å². The van der Waals surface area contributed by atoms with Gasteiger partial charge in [0.2, 0.25) is 0 Å². The molecule has 0 spiro atoms. The van der Waals surface area contributed by atoms with Gasteiger partial charge in [0.1, 0.15) is 0 Å². The molecule has 0 aliphatic carbocycles. The van der Waals surface area contributed by atoms with E-state index >= 15 is 0 Å². The van der Waals surface area contributed by atoms with Crippen molar-refractivity contribution in [1.82, 2.24) is 20.8 Å². The minimum Gasteiger partial charge on any atom is -0.404 e. The molecule has 7 heteroatoms. The Hall–Kier alpha value is -0.555. The summed E-state index contributed by atoms with van der Waals surface area (Å²) in [5.74, 6) is 0.274. The van der Waals surface area contributed by atoms with E-state index in [1.165, 1.54) is 0 Å². The van der Waals surface area contributed by atoms with Gasteiger partial charge in [-0.3, -0.25) is 0 Å². The molecule has 0 bridgehead atoms. The Morgan fingerprint density at radius 3 is 2.25 bits per heavy atom. The summed E-state index contributed by atoms with van der Waals surface area (Å²) in [6.45, 7) is 7.41. The zero-order valence-electron chi connectivity index (χ0n) is 10.6. The number of nitrogens with one attached hydrogen (secondary N) is 3. The Labute approximate surface area is 110 Å². The molecule has 0 amide bonds. The third kappa shape index (κ3) is 4.53. The number of nitrogens with zero attached hydrogens (tertiary/aromatic N) is 1. The third-order valence-electron chi connectivity index (χ3n) is 2.62. The zero-order valence-corrected chi connectivity index (χ0v) is 12.3. The van der Waals surface area contributed by atoms with E-state index in [1.807, 2.05) is 14.1 Å². The molecule has 0 aromatic heterocycles. The summed E-state index contributed by atoms with van der Waals surface area (Å²) in [7, 11) is 3.65. The van der Waals surface area contributed by atoms with Crippen LogP contribution in [-0.2, 0) is 0 Å². The highest BCUT2D eigenvalue weighted by Crippen LogP contribution is 2.02. The first kappa shape index (κ1) is 15.4. The molecule has 0 saturated carbocycles. The van der Waals surface area contributed by atoms with E-state index in [4.69, 9.17) is 24.4 Å².